The molecule has 6 nitrogen and oxygen atoms in total. The quantitative estimate of drug-likeness (QED) is 0.609. The highest BCUT2D eigenvalue weighted by molar-refractivity contribution is 5.88. The highest BCUT2D eigenvalue weighted by Gasteiger charge is 2.47. The zero-order valence-electron chi connectivity index (χ0n) is 17.3. The Morgan fingerprint density at radius 1 is 1.07 bits per heavy atom. The fourth-order valence-electron chi connectivity index (χ4n) is 4.78. The van der Waals surface area contributed by atoms with Crippen molar-refractivity contribution in [3.8, 4) is 0 Å². The number of likely N-dealkylation sites (tertiary alicyclic amines) is 1. The zero-order valence-corrected chi connectivity index (χ0v) is 17.3. The summed E-state index contributed by atoms with van der Waals surface area (Å²) in [5, 5.41) is 2.60. The lowest BCUT2D eigenvalue weighted by Gasteiger charge is -2.48. The summed E-state index contributed by atoms with van der Waals surface area (Å²) in [5.74, 6) is 0.332. The van der Waals surface area contributed by atoms with Crippen LogP contribution in [0, 0.1) is 5.41 Å². The molecule has 2 aliphatic rings. The molecule has 0 radical (unpaired) electrons. The fourth-order valence-corrected chi connectivity index (χ4v) is 4.78. The number of nitrogens with zero attached hydrogens (tertiary/aromatic N) is 4. The van der Waals surface area contributed by atoms with Crippen molar-refractivity contribution in [3.05, 3.63) is 66.0 Å². The third-order valence-corrected chi connectivity index (χ3v) is 6.21. The lowest BCUT2D eigenvalue weighted by atomic mass is 9.79. The van der Waals surface area contributed by atoms with E-state index in [0.717, 1.165) is 39.1 Å². The van der Waals surface area contributed by atoms with Crippen LogP contribution in [-0.4, -0.2) is 53.6 Å². The summed E-state index contributed by atoms with van der Waals surface area (Å²) < 4.78 is 5.00. The topological polar surface area (TPSA) is 58.6 Å². The van der Waals surface area contributed by atoms with Gasteiger partial charge in [-0.15, -0.1) is 0 Å². The number of benzene rings is 2. The Bertz CT molecular complexity index is 1060. The van der Waals surface area contributed by atoms with E-state index in [-0.39, 0.29) is 5.97 Å². The van der Waals surface area contributed by atoms with Crippen molar-refractivity contribution in [2.24, 2.45) is 5.41 Å². The Morgan fingerprint density at radius 3 is 2.60 bits per heavy atom. The minimum Gasteiger partial charge on any atom is -0.462 e. The van der Waals surface area contributed by atoms with E-state index in [4.69, 9.17) is 4.74 Å². The smallest absolute Gasteiger partial charge is 0.341 e. The van der Waals surface area contributed by atoms with Crippen LogP contribution in [0.5, 0.6) is 0 Å². The van der Waals surface area contributed by atoms with Crippen LogP contribution in [0.1, 0.15) is 29.3 Å². The molecule has 0 atom stereocenters. The van der Waals surface area contributed by atoms with Gasteiger partial charge in [0, 0.05) is 50.5 Å². The van der Waals surface area contributed by atoms with Crippen LogP contribution < -0.4 is 4.90 Å². The summed E-state index contributed by atoms with van der Waals surface area (Å²) in [4.78, 5) is 25.3. The van der Waals surface area contributed by atoms with Gasteiger partial charge in [0.2, 0.25) is 5.95 Å². The third kappa shape index (κ3) is 3.63. The number of fused-ring (bicyclic) bond motifs is 1. The van der Waals surface area contributed by atoms with Crippen molar-refractivity contribution in [1.29, 1.82) is 0 Å². The molecule has 154 valence electrons. The lowest BCUT2D eigenvalue weighted by Crippen LogP contribution is -2.56. The maximum Gasteiger partial charge on any atom is 0.341 e. The average Bonchev–Trinajstić information content (AvgIpc) is 3.19. The van der Waals surface area contributed by atoms with Crippen LogP contribution in [0.15, 0.2) is 54.9 Å². The van der Waals surface area contributed by atoms with Crippen molar-refractivity contribution in [2.75, 3.05) is 37.7 Å². The first-order valence-electron chi connectivity index (χ1n) is 10.6. The van der Waals surface area contributed by atoms with Gasteiger partial charge < -0.3 is 9.64 Å². The van der Waals surface area contributed by atoms with Crippen molar-refractivity contribution >= 4 is 22.7 Å². The summed E-state index contributed by atoms with van der Waals surface area (Å²) in [6.45, 7) is 7.29. The predicted octanol–water partition coefficient (Wildman–Crippen LogP) is 3.52. The SMILES string of the molecule is CCOC(=O)c1cnc(N2CCC3(CN(Cc4ccc5ccccc5c4)C3)C2)nc1. The number of carbonyl (C=O) groups is 1. The van der Waals surface area contributed by atoms with Crippen LogP contribution in [0.3, 0.4) is 0 Å². The van der Waals surface area contributed by atoms with E-state index in [1.807, 2.05) is 0 Å². The number of hydrogen-bond acceptors (Lipinski definition) is 6. The second-order valence-corrected chi connectivity index (χ2v) is 8.49. The van der Waals surface area contributed by atoms with E-state index in [1.54, 1.807) is 19.3 Å². The lowest BCUT2D eigenvalue weighted by molar-refractivity contribution is 0.0117. The highest BCUT2D eigenvalue weighted by Crippen LogP contribution is 2.41. The minimum atomic E-state index is -0.370. The van der Waals surface area contributed by atoms with E-state index >= 15 is 0 Å². The molecule has 30 heavy (non-hydrogen) atoms. The van der Waals surface area contributed by atoms with Crippen molar-refractivity contribution < 1.29 is 9.53 Å². The molecule has 0 amide bonds. The number of rotatable bonds is 5. The Hall–Kier alpha value is -2.99. The fraction of sp³-hybridized carbons (Fsp3) is 0.375. The summed E-state index contributed by atoms with van der Waals surface area (Å²) >= 11 is 0. The van der Waals surface area contributed by atoms with Gasteiger partial charge >= 0.3 is 5.97 Å². The van der Waals surface area contributed by atoms with Gasteiger partial charge in [-0.2, -0.15) is 0 Å². The predicted molar refractivity (Wildman–Crippen MR) is 116 cm³/mol. The van der Waals surface area contributed by atoms with Crippen LogP contribution in [0.4, 0.5) is 5.95 Å². The van der Waals surface area contributed by atoms with Gasteiger partial charge in [-0.05, 0) is 35.7 Å². The summed E-state index contributed by atoms with van der Waals surface area (Å²) in [6, 6.07) is 15.3. The Morgan fingerprint density at radius 2 is 1.83 bits per heavy atom. The molecule has 0 N–H and O–H groups in total. The van der Waals surface area contributed by atoms with Crippen molar-refractivity contribution in [2.45, 2.75) is 19.9 Å². The molecule has 0 unspecified atom stereocenters. The monoisotopic (exact) mass is 402 g/mol. The second-order valence-electron chi connectivity index (χ2n) is 8.49. The Labute approximate surface area is 176 Å². The molecule has 2 aromatic carbocycles. The van der Waals surface area contributed by atoms with Crippen LogP contribution in [0.2, 0.25) is 0 Å². The second kappa shape index (κ2) is 7.69. The number of anilines is 1. The van der Waals surface area contributed by atoms with Gasteiger partial charge in [0.25, 0.3) is 0 Å². The molecule has 0 saturated carbocycles. The standard InChI is InChI=1S/C24H26N4O2/c1-2-30-22(29)21-12-25-23(26-13-21)28-10-9-24(17-28)15-27(16-24)14-18-7-8-19-5-3-4-6-20(19)11-18/h3-8,11-13H,2,9-10,14-17H2,1H3. The van der Waals surface area contributed by atoms with Crippen LogP contribution in [0.25, 0.3) is 10.8 Å². The number of carbonyl (C=O) groups excluding carboxylic acids is 1. The van der Waals surface area contributed by atoms with E-state index in [2.05, 4.69) is 62.2 Å². The zero-order chi connectivity index (χ0) is 20.6. The molecule has 3 heterocycles. The largest absolute Gasteiger partial charge is 0.462 e. The molecular weight excluding hydrogens is 376 g/mol. The first kappa shape index (κ1) is 19.0. The molecule has 6 heteroatoms. The normalized spacial score (nSPS) is 18.0. The summed E-state index contributed by atoms with van der Waals surface area (Å²) in [5.41, 5.74) is 2.11. The molecule has 3 aromatic rings. The number of hydrogen-bond donors (Lipinski definition) is 0. The number of ether oxygens (including phenoxy) is 1. The molecule has 2 fully saturated rings. The third-order valence-electron chi connectivity index (χ3n) is 6.21. The average molecular weight is 402 g/mol. The van der Waals surface area contributed by atoms with E-state index in [1.165, 1.54) is 16.3 Å². The maximum absolute atomic E-state index is 11.8. The Kier molecular flexibility index (Phi) is 4.87. The van der Waals surface area contributed by atoms with Crippen molar-refractivity contribution in [3.63, 3.8) is 0 Å². The van der Waals surface area contributed by atoms with E-state index < -0.39 is 0 Å². The molecule has 2 saturated heterocycles. The van der Waals surface area contributed by atoms with Crippen LogP contribution >= 0.6 is 0 Å². The first-order valence-corrected chi connectivity index (χ1v) is 10.6. The molecule has 2 aliphatic heterocycles. The summed E-state index contributed by atoms with van der Waals surface area (Å²) in [6.07, 6.45) is 4.29. The van der Waals surface area contributed by atoms with Gasteiger partial charge in [0.1, 0.15) is 0 Å². The van der Waals surface area contributed by atoms with E-state index in [0.29, 0.717) is 23.5 Å². The number of aromatic nitrogens is 2. The first-order chi connectivity index (χ1) is 14.6. The van der Waals surface area contributed by atoms with Crippen molar-refractivity contribution in [1.82, 2.24) is 14.9 Å². The number of esters is 1. The molecule has 1 aromatic heterocycles. The van der Waals surface area contributed by atoms with Gasteiger partial charge in [0.05, 0.1) is 12.2 Å². The van der Waals surface area contributed by atoms with Gasteiger partial charge in [-0.1, -0.05) is 36.4 Å². The molecule has 0 bridgehead atoms. The van der Waals surface area contributed by atoms with Gasteiger partial charge in [0.15, 0.2) is 0 Å². The van der Waals surface area contributed by atoms with Crippen LogP contribution in [-0.2, 0) is 11.3 Å². The molecule has 5 rings (SSSR count). The van der Waals surface area contributed by atoms with E-state index in [9.17, 15) is 4.79 Å². The van der Waals surface area contributed by atoms with Gasteiger partial charge in [-0.25, -0.2) is 14.8 Å². The molecule has 1 spiro atoms. The highest BCUT2D eigenvalue weighted by atomic mass is 16.5. The molecule has 0 aliphatic carbocycles. The maximum atomic E-state index is 11.8. The summed E-state index contributed by atoms with van der Waals surface area (Å²) in [7, 11) is 0. The minimum absolute atomic E-state index is 0.333. The molecular formula is C24H26N4O2. The van der Waals surface area contributed by atoms with Gasteiger partial charge in [-0.3, -0.25) is 4.90 Å². The Balaban J connectivity index is 1.18.